The van der Waals surface area contributed by atoms with Gasteiger partial charge in [-0.3, -0.25) is 4.79 Å². The number of anilines is 1. The van der Waals surface area contributed by atoms with Crippen LogP contribution in [0.3, 0.4) is 0 Å². The van der Waals surface area contributed by atoms with Gasteiger partial charge in [0.15, 0.2) is 17.3 Å². The molecule has 1 aromatic carbocycles. The number of nitrogens with zero attached hydrogens (tertiary/aromatic N) is 2. The highest BCUT2D eigenvalue weighted by atomic mass is 32.1. The Labute approximate surface area is 191 Å². The Morgan fingerprint density at radius 1 is 1.31 bits per heavy atom. The van der Waals surface area contributed by atoms with E-state index in [0.717, 1.165) is 16.9 Å². The number of ether oxygens (including phenoxy) is 3. The molecule has 0 aliphatic carbocycles. The van der Waals surface area contributed by atoms with Gasteiger partial charge in [-0.25, -0.2) is 9.78 Å². The number of thiazole rings is 1. The minimum absolute atomic E-state index is 0.150. The van der Waals surface area contributed by atoms with Gasteiger partial charge in [0.1, 0.15) is 21.7 Å². The van der Waals surface area contributed by atoms with E-state index in [1.807, 2.05) is 23.6 Å². The van der Waals surface area contributed by atoms with Gasteiger partial charge in [-0.2, -0.15) is 5.26 Å². The van der Waals surface area contributed by atoms with E-state index in [1.54, 1.807) is 6.92 Å². The predicted molar refractivity (Wildman–Crippen MR) is 121 cm³/mol. The van der Waals surface area contributed by atoms with Gasteiger partial charge in [0.05, 0.1) is 23.2 Å². The van der Waals surface area contributed by atoms with Crippen molar-refractivity contribution in [2.24, 2.45) is 0 Å². The number of nitrogens with one attached hydrogen (secondary N) is 1. The number of nitriles is 1. The van der Waals surface area contributed by atoms with Crippen LogP contribution in [-0.4, -0.2) is 30.6 Å². The lowest BCUT2D eigenvalue weighted by atomic mass is 10.1. The van der Waals surface area contributed by atoms with Gasteiger partial charge < -0.3 is 19.5 Å². The first-order valence-electron chi connectivity index (χ1n) is 9.38. The van der Waals surface area contributed by atoms with Crippen LogP contribution in [0.15, 0.2) is 29.8 Å². The molecule has 8 nitrogen and oxygen atoms in total. The summed E-state index contributed by atoms with van der Waals surface area (Å²) in [5.41, 5.74) is 2.65. The third kappa shape index (κ3) is 3.95. The molecule has 32 heavy (non-hydrogen) atoms. The lowest BCUT2D eigenvalue weighted by Gasteiger charge is -2.03. The molecule has 0 unspecified atom stereocenters. The Balaban J connectivity index is 1.63. The van der Waals surface area contributed by atoms with Crippen molar-refractivity contribution in [3.8, 4) is 28.8 Å². The first kappa shape index (κ1) is 21.5. The van der Waals surface area contributed by atoms with Crippen LogP contribution in [0.2, 0.25) is 0 Å². The second-order valence-corrected chi connectivity index (χ2v) is 8.61. The predicted octanol–water partition coefficient (Wildman–Crippen LogP) is 4.87. The number of rotatable bonds is 6. The minimum Gasteiger partial charge on any atom is -0.465 e. The third-order valence-electron chi connectivity index (χ3n) is 4.73. The molecule has 10 heteroatoms. The third-order valence-corrected chi connectivity index (χ3v) is 6.93. The lowest BCUT2D eigenvalue weighted by Crippen LogP contribution is -2.05. The standard InChI is InChI=1S/C22H17N3O5S2/c1-11-18(22(27)28-3)21(32-19(11)12(2)26)24-8-14(7-23)20-25-15(9-31-20)13-4-5-16-17(6-13)30-10-29-16/h4-6,8-9,24H,10H2,1-3H3/b14-8-. The van der Waals surface area contributed by atoms with Crippen molar-refractivity contribution in [2.75, 3.05) is 19.2 Å². The summed E-state index contributed by atoms with van der Waals surface area (Å²) in [5, 5.41) is 15.4. The Morgan fingerprint density at radius 2 is 2.09 bits per heavy atom. The van der Waals surface area contributed by atoms with E-state index in [0.29, 0.717) is 37.6 Å². The quantitative estimate of drug-likeness (QED) is 0.310. The monoisotopic (exact) mass is 467 g/mol. The fourth-order valence-electron chi connectivity index (χ4n) is 3.16. The fraction of sp³-hybridized carbons (Fsp3) is 0.182. The number of methoxy groups -OCH3 is 1. The first-order valence-corrected chi connectivity index (χ1v) is 11.1. The van der Waals surface area contributed by atoms with E-state index in [1.165, 1.54) is 31.6 Å². The molecule has 0 spiro atoms. The molecule has 0 amide bonds. The summed E-state index contributed by atoms with van der Waals surface area (Å²) in [5.74, 6) is 0.631. The Bertz CT molecular complexity index is 1300. The molecule has 162 valence electrons. The molecule has 2 aromatic heterocycles. The van der Waals surface area contributed by atoms with Crippen molar-refractivity contribution >= 4 is 45.0 Å². The molecule has 3 heterocycles. The molecular weight excluding hydrogens is 450 g/mol. The van der Waals surface area contributed by atoms with E-state index >= 15 is 0 Å². The Hall–Kier alpha value is -3.68. The molecule has 0 fully saturated rings. The number of ketones is 1. The average molecular weight is 468 g/mol. The second kappa shape index (κ2) is 8.82. The van der Waals surface area contributed by atoms with E-state index in [2.05, 4.69) is 16.4 Å². The van der Waals surface area contributed by atoms with E-state index in [-0.39, 0.29) is 23.7 Å². The van der Waals surface area contributed by atoms with Crippen LogP contribution < -0.4 is 14.8 Å². The Morgan fingerprint density at radius 3 is 2.81 bits per heavy atom. The summed E-state index contributed by atoms with van der Waals surface area (Å²) in [4.78, 5) is 29.2. The smallest absolute Gasteiger partial charge is 0.341 e. The zero-order valence-corrected chi connectivity index (χ0v) is 19.0. The molecular formula is C22H17N3O5S2. The number of hydrogen-bond acceptors (Lipinski definition) is 10. The largest absolute Gasteiger partial charge is 0.465 e. The van der Waals surface area contributed by atoms with Crippen LogP contribution in [0.1, 0.15) is 37.5 Å². The number of aromatic nitrogens is 1. The number of allylic oxidation sites excluding steroid dienone is 1. The highest BCUT2D eigenvalue weighted by Gasteiger charge is 2.23. The molecule has 0 saturated carbocycles. The van der Waals surface area contributed by atoms with E-state index in [9.17, 15) is 14.9 Å². The highest BCUT2D eigenvalue weighted by molar-refractivity contribution is 7.18. The SMILES string of the molecule is COC(=O)c1c(N/C=C(/C#N)c2nc(-c3ccc4c(c3)OCO4)cs2)sc(C(C)=O)c1C. The maximum atomic E-state index is 12.2. The van der Waals surface area contributed by atoms with Gasteiger partial charge in [-0.1, -0.05) is 0 Å². The molecule has 1 aliphatic rings. The fourth-order valence-corrected chi connectivity index (χ4v) is 5.02. The molecule has 4 rings (SSSR count). The normalized spacial score (nSPS) is 12.4. The van der Waals surface area contributed by atoms with Crippen LogP contribution in [0.4, 0.5) is 5.00 Å². The van der Waals surface area contributed by atoms with Crippen molar-refractivity contribution in [1.82, 2.24) is 4.98 Å². The van der Waals surface area contributed by atoms with Crippen molar-refractivity contribution in [3.05, 3.63) is 50.8 Å². The summed E-state index contributed by atoms with van der Waals surface area (Å²) < 4.78 is 15.6. The first-order chi connectivity index (χ1) is 15.4. The van der Waals surface area contributed by atoms with Gasteiger partial charge >= 0.3 is 5.97 Å². The lowest BCUT2D eigenvalue weighted by molar-refractivity contribution is 0.0601. The van der Waals surface area contributed by atoms with E-state index in [4.69, 9.17) is 14.2 Å². The summed E-state index contributed by atoms with van der Waals surface area (Å²) in [6, 6.07) is 7.66. The van der Waals surface area contributed by atoms with Crippen LogP contribution in [0.25, 0.3) is 16.8 Å². The van der Waals surface area contributed by atoms with Crippen LogP contribution in [0.5, 0.6) is 11.5 Å². The average Bonchev–Trinajstić information content (AvgIpc) is 3.52. The number of fused-ring (bicyclic) bond motifs is 1. The topological polar surface area (TPSA) is 111 Å². The number of Topliss-reactive ketones (excluding diaryl/α,β-unsaturated/α-hetero) is 1. The highest BCUT2D eigenvalue weighted by Crippen LogP contribution is 2.37. The number of benzene rings is 1. The minimum atomic E-state index is -0.556. The summed E-state index contributed by atoms with van der Waals surface area (Å²) >= 11 is 2.46. The number of carbonyl (C=O) groups is 2. The van der Waals surface area contributed by atoms with Crippen LogP contribution in [0, 0.1) is 18.3 Å². The maximum absolute atomic E-state index is 12.2. The number of hydrogen-bond donors (Lipinski definition) is 1. The molecule has 0 saturated heterocycles. The van der Waals surface area contributed by atoms with Crippen molar-refractivity contribution in [2.45, 2.75) is 13.8 Å². The zero-order valence-electron chi connectivity index (χ0n) is 17.3. The van der Waals surface area contributed by atoms with Gasteiger partial charge in [0.2, 0.25) is 6.79 Å². The molecule has 0 atom stereocenters. The van der Waals surface area contributed by atoms with Gasteiger partial charge in [0, 0.05) is 17.1 Å². The number of carbonyl (C=O) groups excluding carboxylic acids is 2. The summed E-state index contributed by atoms with van der Waals surface area (Å²) in [6.45, 7) is 3.32. The van der Waals surface area contributed by atoms with Crippen LogP contribution >= 0.6 is 22.7 Å². The van der Waals surface area contributed by atoms with Gasteiger partial charge in [0.25, 0.3) is 0 Å². The molecule has 1 aliphatic heterocycles. The molecule has 1 N–H and O–H groups in total. The van der Waals surface area contributed by atoms with E-state index < -0.39 is 5.97 Å². The van der Waals surface area contributed by atoms with Crippen LogP contribution in [-0.2, 0) is 4.74 Å². The van der Waals surface area contributed by atoms with Crippen molar-refractivity contribution in [3.63, 3.8) is 0 Å². The number of thiophene rings is 1. The van der Waals surface area contributed by atoms with Crippen molar-refractivity contribution < 1.29 is 23.8 Å². The molecule has 0 radical (unpaired) electrons. The Kier molecular flexibility index (Phi) is 5.94. The molecule has 3 aromatic rings. The zero-order chi connectivity index (χ0) is 22.8. The van der Waals surface area contributed by atoms with Gasteiger partial charge in [-0.15, -0.1) is 22.7 Å². The summed E-state index contributed by atoms with van der Waals surface area (Å²) in [7, 11) is 1.28. The summed E-state index contributed by atoms with van der Waals surface area (Å²) in [6.07, 6.45) is 1.48. The van der Waals surface area contributed by atoms with Gasteiger partial charge in [-0.05, 0) is 37.6 Å². The maximum Gasteiger partial charge on any atom is 0.341 e. The second-order valence-electron chi connectivity index (χ2n) is 6.73. The molecule has 0 bridgehead atoms. The number of esters is 1. The van der Waals surface area contributed by atoms with Crippen molar-refractivity contribution in [1.29, 1.82) is 5.26 Å².